The lowest BCUT2D eigenvalue weighted by atomic mass is 10.2. The highest BCUT2D eigenvalue weighted by Gasteiger charge is 2.15. The fourth-order valence-electron chi connectivity index (χ4n) is 1.67. The van der Waals surface area contributed by atoms with E-state index in [-0.39, 0.29) is 13.0 Å². The van der Waals surface area contributed by atoms with Gasteiger partial charge in [0.05, 0.1) is 10.6 Å². The van der Waals surface area contributed by atoms with Gasteiger partial charge in [-0.05, 0) is 5.56 Å². The average molecular weight is 331 g/mol. The Balaban J connectivity index is 1.86. The van der Waals surface area contributed by atoms with Gasteiger partial charge in [0.25, 0.3) is 0 Å². The van der Waals surface area contributed by atoms with Crippen molar-refractivity contribution in [2.75, 3.05) is 0 Å². The number of ether oxygens (including phenoxy) is 1. The second-order valence-corrected chi connectivity index (χ2v) is 4.71. The number of carbonyl (C=O) groups is 2. The van der Waals surface area contributed by atoms with E-state index in [9.17, 15) is 9.59 Å². The smallest absolute Gasteiger partial charge is 0.480 e. The Morgan fingerprint density at radius 3 is 2.83 bits per heavy atom. The van der Waals surface area contributed by atoms with Crippen LogP contribution in [-0.2, 0) is 22.6 Å². The van der Waals surface area contributed by atoms with Crippen molar-refractivity contribution < 1.29 is 19.4 Å². The summed E-state index contributed by atoms with van der Waals surface area (Å²) in [6.45, 7) is 0.0843. The van der Waals surface area contributed by atoms with Crippen molar-refractivity contribution >= 4 is 12.1 Å². The second kappa shape index (κ2) is 8.32. The molecule has 1 heterocycles. The Bertz CT molecular complexity index is 767. The van der Waals surface area contributed by atoms with Crippen LogP contribution in [0, 0.1) is 0 Å². The zero-order valence-electron chi connectivity index (χ0n) is 12.5. The first-order chi connectivity index (χ1) is 11.5. The SMILES string of the molecule is N[C@@H](Cc1cn(N=[N+]=NC(=O)OCc2ccccc2)cn1)C(=O)O. The molecule has 2 aromatic rings. The van der Waals surface area contributed by atoms with Crippen LogP contribution in [0.3, 0.4) is 0 Å². The molecule has 0 unspecified atom stereocenters. The normalized spacial score (nSPS) is 11.2. The van der Waals surface area contributed by atoms with Crippen molar-refractivity contribution in [1.29, 1.82) is 0 Å². The quantitative estimate of drug-likeness (QED) is 0.594. The van der Waals surface area contributed by atoms with Crippen LogP contribution >= 0.6 is 0 Å². The molecule has 0 bridgehead atoms. The number of carboxylic acid groups (broad SMARTS) is 1. The van der Waals surface area contributed by atoms with Gasteiger partial charge in [-0.15, -0.1) is 0 Å². The van der Waals surface area contributed by atoms with Gasteiger partial charge in [-0.2, -0.15) is 0 Å². The van der Waals surface area contributed by atoms with Gasteiger partial charge in [0.15, 0.2) is 0 Å². The Morgan fingerprint density at radius 2 is 2.12 bits per heavy atom. The van der Waals surface area contributed by atoms with Crippen molar-refractivity contribution in [3.63, 3.8) is 0 Å². The summed E-state index contributed by atoms with van der Waals surface area (Å²) in [4.78, 5) is 29.3. The van der Waals surface area contributed by atoms with Gasteiger partial charge in [0, 0.05) is 6.42 Å². The summed E-state index contributed by atoms with van der Waals surface area (Å²) in [5, 5.41) is 15.6. The zero-order chi connectivity index (χ0) is 17.4. The molecule has 2 rings (SSSR count). The van der Waals surface area contributed by atoms with Crippen LogP contribution in [-0.4, -0.2) is 32.9 Å². The number of aliphatic carboxylic acids is 1. The molecular weight excluding hydrogens is 316 g/mol. The minimum Gasteiger partial charge on any atom is -0.480 e. The average Bonchev–Trinajstić information content (AvgIpc) is 3.01. The minimum absolute atomic E-state index is 0.0497. The van der Waals surface area contributed by atoms with Gasteiger partial charge in [0.2, 0.25) is 11.6 Å². The molecule has 3 N–H and O–H groups in total. The topological polar surface area (TPSA) is 146 Å². The highest BCUT2D eigenvalue weighted by molar-refractivity contribution is 5.73. The maximum Gasteiger partial charge on any atom is 0.487 e. The molecule has 1 atom stereocenters. The van der Waals surface area contributed by atoms with Crippen LogP contribution in [0.15, 0.2) is 53.2 Å². The molecule has 0 fully saturated rings. The van der Waals surface area contributed by atoms with Crippen molar-refractivity contribution in [2.24, 2.45) is 16.1 Å². The third-order valence-corrected chi connectivity index (χ3v) is 2.84. The molecule has 124 valence electrons. The lowest BCUT2D eigenvalue weighted by Crippen LogP contribution is -2.32. The number of aromatic nitrogens is 2. The van der Waals surface area contributed by atoms with E-state index in [0.717, 1.165) is 5.56 Å². The standard InChI is InChI=1S/C14H14N6O4/c15-12(13(21)22)6-11-7-20(9-16-11)19-18-17-14(23)24-8-10-4-2-1-3-5-10/h1-5,7,9,12H,6,8,15H2/p+1/t12-/m0/s1. The molecule has 0 aliphatic heterocycles. The summed E-state index contributed by atoms with van der Waals surface area (Å²) in [6.07, 6.45) is 1.89. The molecular formula is C14H15N6O4+. The number of rotatable bonds is 6. The fraction of sp³-hybridized carbons (Fsp3) is 0.214. The number of benzene rings is 1. The van der Waals surface area contributed by atoms with E-state index in [0.29, 0.717) is 5.69 Å². The van der Waals surface area contributed by atoms with Crippen LogP contribution in [0.4, 0.5) is 4.79 Å². The molecule has 1 aromatic heterocycles. The van der Waals surface area contributed by atoms with E-state index in [4.69, 9.17) is 15.6 Å². The molecule has 1 aromatic carbocycles. The first-order valence-corrected chi connectivity index (χ1v) is 6.88. The van der Waals surface area contributed by atoms with Crippen molar-refractivity contribution in [3.8, 4) is 0 Å². The summed E-state index contributed by atoms with van der Waals surface area (Å²) in [5.74, 6) is -1.12. The third kappa shape index (κ3) is 5.44. The van der Waals surface area contributed by atoms with Crippen LogP contribution in [0.1, 0.15) is 11.3 Å². The molecule has 0 aliphatic carbocycles. The lowest BCUT2D eigenvalue weighted by Gasteiger charge is -2.00. The summed E-state index contributed by atoms with van der Waals surface area (Å²) in [6, 6.07) is 8.07. The monoisotopic (exact) mass is 331 g/mol. The number of hydrogen-bond donors (Lipinski definition) is 2. The largest absolute Gasteiger partial charge is 0.487 e. The Labute approximate surface area is 136 Å². The maximum atomic E-state index is 11.4. The van der Waals surface area contributed by atoms with Gasteiger partial charge in [-0.3, -0.25) is 4.79 Å². The molecule has 0 aliphatic rings. The summed E-state index contributed by atoms with van der Waals surface area (Å²) in [5.41, 5.74) is 6.65. The number of hydrogen-bond acceptors (Lipinski definition) is 6. The summed E-state index contributed by atoms with van der Waals surface area (Å²) < 4.78 is 6.06. The number of nitrogens with zero attached hydrogens (tertiary/aromatic N) is 5. The number of nitrogens with two attached hydrogens (primary N) is 1. The van der Waals surface area contributed by atoms with Gasteiger partial charge < -0.3 is 15.6 Å². The zero-order valence-corrected chi connectivity index (χ0v) is 12.5. The molecule has 0 radical (unpaired) electrons. The minimum atomic E-state index is -1.12. The summed E-state index contributed by atoms with van der Waals surface area (Å²) in [7, 11) is 0. The lowest BCUT2D eigenvalue weighted by molar-refractivity contribution is -0.138. The molecule has 24 heavy (non-hydrogen) atoms. The van der Waals surface area contributed by atoms with Crippen LogP contribution < -0.4 is 10.6 Å². The maximum absolute atomic E-state index is 11.4. The molecule has 0 spiro atoms. The van der Waals surface area contributed by atoms with Crippen LogP contribution in [0.5, 0.6) is 0 Å². The van der Waals surface area contributed by atoms with Crippen molar-refractivity contribution in [2.45, 2.75) is 19.1 Å². The number of carboxylic acids is 1. The van der Waals surface area contributed by atoms with E-state index < -0.39 is 18.1 Å². The predicted octanol–water partition coefficient (Wildman–Crippen LogP) is 0.909. The van der Waals surface area contributed by atoms with E-state index in [1.165, 1.54) is 17.2 Å². The first kappa shape index (κ1) is 17.0. The van der Waals surface area contributed by atoms with Gasteiger partial charge in [-0.1, -0.05) is 35.0 Å². The number of amides is 1. The molecule has 0 saturated heterocycles. The van der Waals surface area contributed by atoms with E-state index >= 15 is 0 Å². The predicted molar refractivity (Wildman–Crippen MR) is 80.6 cm³/mol. The third-order valence-electron chi connectivity index (χ3n) is 2.84. The van der Waals surface area contributed by atoms with Gasteiger partial charge >= 0.3 is 12.1 Å². The molecule has 1 amide bonds. The Hall–Kier alpha value is -3.36. The molecule has 0 saturated carbocycles. The van der Waals surface area contributed by atoms with Crippen LogP contribution in [0.25, 0.3) is 0 Å². The number of imidazole rings is 1. The Kier molecular flexibility index (Phi) is 5.89. The van der Waals surface area contributed by atoms with Crippen molar-refractivity contribution in [1.82, 2.24) is 14.6 Å². The molecule has 10 nitrogen and oxygen atoms in total. The Morgan fingerprint density at radius 1 is 1.38 bits per heavy atom. The van der Waals surface area contributed by atoms with E-state index in [1.807, 2.05) is 30.3 Å². The highest BCUT2D eigenvalue weighted by atomic mass is 16.5. The first-order valence-electron chi connectivity index (χ1n) is 6.88. The fourth-order valence-corrected chi connectivity index (χ4v) is 1.67. The summed E-state index contributed by atoms with van der Waals surface area (Å²) >= 11 is 0. The van der Waals surface area contributed by atoms with Crippen molar-refractivity contribution in [3.05, 3.63) is 54.1 Å². The van der Waals surface area contributed by atoms with Gasteiger partial charge in [-0.25, -0.2) is 9.78 Å². The van der Waals surface area contributed by atoms with E-state index in [2.05, 4.69) is 20.2 Å². The highest BCUT2D eigenvalue weighted by Crippen LogP contribution is 2.01. The van der Waals surface area contributed by atoms with Crippen LogP contribution in [0.2, 0.25) is 0 Å². The van der Waals surface area contributed by atoms with Gasteiger partial charge in [0.1, 0.15) is 24.0 Å². The molecule has 10 heteroatoms. The second-order valence-electron chi connectivity index (χ2n) is 4.71. The number of carbonyl (C=O) groups excluding carboxylic acids is 1. The van der Waals surface area contributed by atoms with E-state index in [1.54, 1.807) is 0 Å².